The summed E-state index contributed by atoms with van der Waals surface area (Å²) in [6.45, 7) is 0.594. The van der Waals surface area contributed by atoms with Crippen LogP contribution in [-0.2, 0) is 20.2 Å². The van der Waals surface area contributed by atoms with Gasteiger partial charge in [0.05, 0.1) is 22.0 Å². The van der Waals surface area contributed by atoms with Crippen molar-refractivity contribution in [3.63, 3.8) is 0 Å². The van der Waals surface area contributed by atoms with E-state index in [9.17, 15) is 18.8 Å². The van der Waals surface area contributed by atoms with Crippen LogP contribution in [0.15, 0.2) is 97.0 Å². The predicted octanol–water partition coefficient (Wildman–Crippen LogP) is -0.637. The van der Waals surface area contributed by atoms with Crippen molar-refractivity contribution in [2.24, 2.45) is 20.5 Å². The van der Waals surface area contributed by atoms with Crippen LogP contribution in [0.25, 0.3) is 0 Å². The van der Waals surface area contributed by atoms with Gasteiger partial charge in [-0.1, -0.05) is 0 Å². The van der Waals surface area contributed by atoms with Gasteiger partial charge in [-0.3, -0.25) is 9.00 Å². The number of benzene rings is 3. The van der Waals surface area contributed by atoms with Gasteiger partial charge in [-0.15, -0.1) is 5.11 Å². The summed E-state index contributed by atoms with van der Waals surface area (Å²) in [7, 11) is 1.87. The van der Waals surface area contributed by atoms with E-state index in [0.717, 1.165) is 5.69 Å². The Morgan fingerprint density at radius 2 is 1.50 bits per heavy atom. The van der Waals surface area contributed by atoms with Crippen molar-refractivity contribution in [1.29, 1.82) is 0 Å². The Labute approximate surface area is 270 Å². The Morgan fingerprint density at radius 1 is 0.947 bits per heavy atom. The van der Waals surface area contributed by atoms with E-state index >= 15 is 0 Å². The first-order valence-electron chi connectivity index (χ1n) is 10.5. The van der Waals surface area contributed by atoms with Gasteiger partial charge in [-0.05, 0) is 84.2 Å². The number of azo groups is 2. The van der Waals surface area contributed by atoms with Gasteiger partial charge < -0.3 is 24.2 Å². The van der Waals surface area contributed by atoms with Crippen LogP contribution in [0.2, 0.25) is 0 Å². The molecule has 1 unspecified atom stereocenters. The molecule has 1 N–H and O–H groups in total. The molecule has 0 bridgehead atoms. The second-order valence-corrected chi connectivity index (χ2v) is 9.05. The fourth-order valence-corrected chi connectivity index (χ4v) is 3.81. The Bertz CT molecular complexity index is 1260. The Hall–Kier alpha value is -1.49. The van der Waals surface area contributed by atoms with E-state index < -0.39 is 17.0 Å². The molecule has 0 amide bonds. The third kappa shape index (κ3) is 11.3. The van der Waals surface area contributed by atoms with Gasteiger partial charge in [-0.25, -0.2) is 0 Å². The summed E-state index contributed by atoms with van der Waals surface area (Å²) in [5, 5.41) is 35.2. The van der Waals surface area contributed by atoms with Crippen molar-refractivity contribution in [3.8, 4) is 0 Å². The first kappa shape index (κ1) is 34.5. The summed E-state index contributed by atoms with van der Waals surface area (Å²) >= 11 is -1.90. The summed E-state index contributed by atoms with van der Waals surface area (Å²) in [6, 6.07) is 18.1. The molecule has 0 aromatic heterocycles. The first-order valence-corrected chi connectivity index (χ1v) is 12.3. The second-order valence-electron chi connectivity index (χ2n) is 7.37. The normalized spacial score (nSPS) is 11.7. The number of hydrogen-bond donors (Lipinski definition) is 1. The molecule has 0 radical (unpaired) electrons. The second kappa shape index (κ2) is 18.0. The third-order valence-electron chi connectivity index (χ3n) is 4.82. The maximum Gasteiger partial charge on any atom is 1.00 e. The van der Waals surface area contributed by atoms with Gasteiger partial charge >= 0.3 is 65.1 Å². The minimum absolute atomic E-state index is 0. The molecule has 0 heterocycles. The van der Waals surface area contributed by atoms with E-state index in [1.807, 2.05) is 24.1 Å². The quantitative estimate of drug-likeness (QED) is 0.0747. The van der Waals surface area contributed by atoms with Gasteiger partial charge in [0.1, 0.15) is 5.69 Å². The van der Waals surface area contributed by atoms with Crippen LogP contribution in [0.1, 0.15) is 12.8 Å². The van der Waals surface area contributed by atoms with Crippen molar-refractivity contribution in [1.82, 2.24) is 0 Å². The SMILES string of the molecule is CN(CCCC(=O)O)c1ccc(N=Nc2ccc(N=Nc3ccc(SO[O-])cc3)cc2S(=O)[O-])cc1.[Na+].[Na+]. The molecule has 15 heteroatoms. The van der Waals surface area contributed by atoms with Gasteiger partial charge in [0.2, 0.25) is 0 Å². The van der Waals surface area contributed by atoms with E-state index in [1.54, 1.807) is 42.5 Å². The average Bonchev–Trinajstić information content (AvgIpc) is 2.87. The summed E-state index contributed by atoms with van der Waals surface area (Å²) in [6.07, 6.45) is 0.632. The molecule has 0 saturated heterocycles. The molecular formula is C23H21N5Na2O6S2. The topological polar surface area (TPSA) is 162 Å². The largest absolute Gasteiger partial charge is 1.00 e. The standard InChI is InChI=1S/C23H23N5O6S2.2Na/c1-28(14-2-3-23(29)30)19-9-4-16(5-10-19)25-27-21-13-8-18(15-22(21)36(32)33)26-24-17-6-11-20(12-7-17)35-34-31;;/h4-13,15,31H,2-3,14H2,1H3,(H,29,30)(H,32,33);;/q;2*+1/p-2. The molecule has 0 aliphatic heterocycles. The van der Waals surface area contributed by atoms with Gasteiger partial charge in [-0.2, -0.15) is 15.3 Å². The number of carboxylic acid groups (broad SMARTS) is 1. The van der Waals surface area contributed by atoms with E-state index in [4.69, 9.17) is 5.11 Å². The summed E-state index contributed by atoms with van der Waals surface area (Å²) < 4.78 is 27.2. The first-order chi connectivity index (χ1) is 17.4. The number of rotatable bonds is 12. The fourth-order valence-electron chi connectivity index (χ4n) is 2.99. The van der Waals surface area contributed by atoms with Crippen LogP contribution in [0, 0.1) is 0 Å². The van der Waals surface area contributed by atoms with Crippen LogP contribution in [0.4, 0.5) is 28.4 Å². The number of carbonyl (C=O) groups is 1. The fraction of sp³-hybridized carbons (Fsp3) is 0.174. The molecule has 3 aromatic carbocycles. The zero-order valence-electron chi connectivity index (χ0n) is 21.0. The molecule has 1 atom stereocenters. The predicted molar refractivity (Wildman–Crippen MR) is 132 cm³/mol. The van der Waals surface area contributed by atoms with Crippen molar-refractivity contribution in [2.75, 3.05) is 18.5 Å². The Kier molecular flexibility index (Phi) is 16.3. The van der Waals surface area contributed by atoms with E-state index in [2.05, 4.69) is 24.8 Å². The molecule has 3 rings (SSSR count). The van der Waals surface area contributed by atoms with Crippen molar-refractivity contribution in [2.45, 2.75) is 22.6 Å². The summed E-state index contributed by atoms with van der Waals surface area (Å²) in [5.41, 5.74) is 2.38. The maximum absolute atomic E-state index is 11.8. The number of anilines is 1. The van der Waals surface area contributed by atoms with Crippen molar-refractivity contribution >= 4 is 57.5 Å². The monoisotopic (exact) mass is 573 g/mol. The minimum atomic E-state index is -2.58. The molecule has 188 valence electrons. The van der Waals surface area contributed by atoms with Gasteiger partial charge in [0.15, 0.2) is 0 Å². The molecular weight excluding hydrogens is 552 g/mol. The Morgan fingerprint density at radius 3 is 2.08 bits per heavy atom. The molecule has 0 fully saturated rings. The average molecular weight is 574 g/mol. The third-order valence-corrected chi connectivity index (χ3v) is 6.04. The molecule has 0 saturated carbocycles. The smallest absolute Gasteiger partial charge is 0.768 e. The van der Waals surface area contributed by atoms with Gasteiger partial charge in [0.25, 0.3) is 0 Å². The number of nitrogens with zero attached hydrogens (tertiary/aromatic N) is 5. The molecule has 11 nitrogen and oxygen atoms in total. The number of carboxylic acids is 1. The van der Waals surface area contributed by atoms with Crippen LogP contribution >= 0.6 is 12.0 Å². The van der Waals surface area contributed by atoms with Crippen molar-refractivity contribution in [3.05, 3.63) is 66.7 Å². The van der Waals surface area contributed by atoms with Crippen molar-refractivity contribution < 1.29 is 87.4 Å². The van der Waals surface area contributed by atoms with E-state index in [0.29, 0.717) is 47.0 Å². The molecule has 0 aliphatic rings. The zero-order valence-corrected chi connectivity index (χ0v) is 26.6. The summed E-state index contributed by atoms with van der Waals surface area (Å²) in [4.78, 5) is 13.1. The molecule has 38 heavy (non-hydrogen) atoms. The number of hydrogen-bond acceptors (Lipinski definition) is 11. The summed E-state index contributed by atoms with van der Waals surface area (Å²) in [5.74, 6) is -0.827. The zero-order chi connectivity index (χ0) is 25.9. The molecule has 0 spiro atoms. The Balaban J connectivity index is 0.00000361. The number of aliphatic carboxylic acids is 1. The minimum Gasteiger partial charge on any atom is -0.768 e. The molecule has 3 aromatic rings. The van der Waals surface area contributed by atoms with Crippen LogP contribution in [0.5, 0.6) is 0 Å². The molecule has 0 aliphatic carbocycles. The maximum atomic E-state index is 11.8. The van der Waals surface area contributed by atoms with Gasteiger partial charge in [0, 0.05) is 42.6 Å². The van der Waals surface area contributed by atoms with E-state index in [1.165, 1.54) is 12.1 Å². The van der Waals surface area contributed by atoms with Crippen LogP contribution < -0.4 is 69.3 Å². The van der Waals surface area contributed by atoms with E-state index in [-0.39, 0.29) is 76.1 Å². The van der Waals surface area contributed by atoms with Crippen LogP contribution in [-0.4, -0.2) is 33.4 Å². The van der Waals surface area contributed by atoms with Crippen LogP contribution in [0.3, 0.4) is 0 Å².